The summed E-state index contributed by atoms with van der Waals surface area (Å²) >= 11 is 0. The van der Waals surface area contributed by atoms with Crippen molar-refractivity contribution in [1.29, 1.82) is 0 Å². The van der Waals surface area contributed by atoms with E-state index in [9.17, 15) is 29.1 Å². The van der Waals surface area contributed by atoms with Gasteiger partial charge in [-0.2, -0.15) is 0 Å². The number of rotatable bonds is 19. The monoisotopic (exact) mass is 672 g/mol. The van der Waals surface area contributed by atoms with Gasteiger partial charge in [0.2, 0.25) is 12.4 Å². The molecule has 0 spiro atoms. The van der Waals surface area contributed by atoms with Crippen LogP contribution in [0.5, 0.6) is 11.5 Å². The highest BCUT2D eigenvalue weighted by molar-refractivity contribution is 5.94. The molecule has 0 aliphatic carbocycles. The Morgan fingerprint density at radius 3 is 1.89 bits per heavy atom. The molecule has 1 amide bonds. The number of carbonyl (C=O) groups is 5. The van der Waals surface area contributed by atoms with Crippen LogP contribution in [0.3, 0.4) is 0 Å². The van der Waals surface area contributed by atoms with Gasteiger partial charge in [0.15, 0.2) is 23.7 Å². The number of hydrogen-bond acceptors (Lipinski definition) is 16. The zero-order valence-electron chi connectivity index (χ0n) is 27.2. The largest absolute Gasteiger partial charge is 0.504 e. The van der Waals surface area contributed by atoms with E-state index in [1.54, 1.807) is 7.05 Å². The van der Waals surface area contributed by atoms with Crippen LogP contribution in [0, 0.1) is 0 Å². The SMILES string of the molecule is CC(=O)OC[C@H]1O[C@@H](Oc2ccc(C(=O)N(C)CCOCCOCCOCCN)cc2O)[C@H](OC(C)=O)[C@@H](OC(C)=O)[C@H]1OC(C)=O. The lowest BCUT2D eigenvalue weighted by Crippen LogP contribution is -2.63. The fourth-order valence-corrected chi connectivity index (χ4v) is 4.31. The number of phenols is 1. The first-order valence-electron chi connectivity index (χ1n) is 14.8. The highest BCUT2D eigenvalue weighted by Gasteiger charge is 2.53. The number of likely N-dealkylation sites (N-methyl/N-ethyl adjacent to an activating group) is 1. The second-order valence-electron chi connectivity index (χ2n) is 10.2. The average Bonchev–Trinajstić information content (AvgIpc) is 2.99. The Balaban J connectivity index is 2.13. The smallest absolute Gasteiger partial charge is 0.303 e. The summed E-state index contributed by atoms with van der Waals surface area (Å²) in [6.45, 7) is 6.91. The summed E-state index contributed by atoms with van der Waals surface area (Å²) in [5.74, 6) is -4.18. The molecule has 0 radical (unpaired) electrons. The third kappa shape index (κ3) is 13.7. The van der Waals surface area contributed by atoms with Gasteiger partial charge in [0.05, 0.1) is 39.6 Å². The topological polar surface area (TPSA) is 218 Å². The van der Waals surface area contributed by atoms with Crippen molar-refractivity contribution < 1.29 is 71.7 Å². The molecule has 1 saturated heterocycles. The van der Waals surface area contributed by atoms with Gasteiger partial charge in [0.25, 0.3) is 5.91 Å². The molecule has 2 rings (SSSR count). The molecule has 1 aliphatic rings. The Bertz CT molecular complexity index is 1200. The second-order valence-corrected chi connectivity index (χ2v) is 10.2. The zero-order valence-corrected chi connectivity index (χ0v) is 27.2. The summed E-state index contributed by atoms with van der Waals surface area (Å²) in [5.41, 5.74) is 5.46. The van der Waals surface area contributed by atoms with E-state index < -0.39 is 72.8 Å². The minimum Gasteiger partial charge on any atom is -0.504 e. The fraction of sp³-hybridized carbons (Fsp3) is 0.633. The maximum atomic E-state index is 13.0. The van der Waals surface area contributed by atoms with Crippen LogP contribution in [-0.2, 0) is 57.1 Å². The van der Waals surface area contributed by atoms with Gasteiger partial charge >= 0.3 is 23.9 Å². The molecule has 1 aliphatic heterocycles. The number of benzene rings is 1. The first kappa shape index (κ1) is 39.1. The van der Waals surface area contributed by atoms with Crippen molar-refractivity contribution in [2.45, 2.75) is 58.4 Å². The van der Waals surface area contributed by atoms with Crippen LogP contribution in [0.15, 0.2) is 18.2 Å². The summed E-state index contributed by atoms with van der Waals surface area (Å²) in [4.78, 5) is 61.9. The molecule has 0 unspecified atom stereocenters. The number of phenolic OH excluding ortho intramolecular Hbond substituents is 1. The Morgan fingerprint density at radius 1 is 0.787 bits per heavy atom. The summed E-state index contributed by atoms with van der Waals surface area (Å²) in [6.07, 6.45) is -7.15. The van der Waals surface area contributed by atoms with Crippen LogP contribution in [0.4, 0.5) is 0 Å². The van der Waals surface area contributed by atoms with E-state index in [-0.39, 0.29) is 24.5 Å². The molecule has 0 saturated carbocycles. The molecule has 47 heavy (non-hydrogen) atoms. The number of aromatic hydroxyl groups is 1. The lowest BCUT2D eigenvalue weighted by molar-refractivity contribution is -0.288. The number of esters is 4. The molecule has 1 aromatic carbocycles. The van der Waals surface area contributed by atoms with Gasteiger partial charge in [-0.1, -0.05) is 0 Å². The molecule has 0 aromatic heterocycles. The van der Waals surface area contributed by atoms with Crippen LogP contribution in [0.2, 0.25) is 0 Å². The van der Waals surface area contributed by atoms with Gasteiger partial charge < -0.3 is 58.4 Å². The summed E-state index contributed by atoms with van der Waals surface area (Å²) in [6, 6.07) is 3.84. The van der Waals surface area contributed by atoms with E-state index in [4.69, 9.17) is 48.4 Å². The first-order chi connectivity index (χ1) is 22.3. The fourth-order valence-electron chi connectivity index (χ4n) is 4.31. The van der Waals surface area contributed by atoms with Crippen molar-refractivity contribution in [2.24, 2.45) is 5.73 Å². The van der Waals surface area contributed by atoms with Gasteiger partial charge in [-0.3, -0.25) is 24.0 Å². The zero-order chi connectivity index (χ0) is 34.9. The quantitative estimate of drug-likeness (QED) is 0.112. The number of amides is 1. The van der Waals surface area contributed by atoms with E-state index in [0.29, 0.717) is 39.6 Å². The maximum Gasteiger partial charge on any atom is 0.303 e. The Labute approximate surface area is 272 Å². The molecular weight excluding hydrogens is 628 g/mol. The highest BCUT2D eigenvalue weighted by atomic mass is 16.7. The van der Waals surface area contributed by atoms with Crippen molar-refractivity contribution in [2.75, 3.05) is 66.4 Å². The Kier molecular flexibility index (Phi) is 16.9. The van der Waals surface area contributed by atoms with E-state index in [0.717, 1.165) is 27.7 Å². The number of nitrogens with two attached hydrogens (primary N) is 1. The van der Waals surface area contributed by atoms with Gasteiger partial charge in [-0.05, 0) is 18.2 Å². The molecule has 1 heterocycles. The Morgan fingerprint density at radius 2 is 1.34 bits per heavy atom. The molecule has 5 atom stereocenters. The van der Waals surface area contributed by atoms with Crippen molar-refractivity contribution in [1.82, 2.24) is 4.90 Å². The van der Waals surface area contributed by atoms with Crippen molar-refractivity contribution >= 4 is 29.8 Å². The highest BCUT2D eigenvalue weighted by Crippen LogP contribution is 2.34. The molecule has 264 valence electrons. The summed E-state index contributed by atoms with van der Waals surface area (Å²) in [5, 5.41) is 10.8. The van der Waals surface area contributed by atoms with Crippen LogP contribution in [0.1, 0.15) is 38.1 Å². The predicted molar refractivity (Wildman–Crippen MR) is 159 cm³/mol. The standard InChI is InChI=1S/C30H44N2O15/c1-18(33)42-17-25-26(43-19(2)34)27(44-20(3)35)28(45-21(4)36)30(47-25)46-24-7-6-22(16-23(24)37)29(38)32(5)9-11-40-13-15-41-14-12-39-10-8-31/h6-7,16,25-28,30,37H,8-15,17,31H2,1-5H3/t25-,26+,27+,28-,30-/m1/s1. The van der Waals surface area contributed by atoms with Crippen LogP contribution in [-0.4, -0.2) is 137 Å². The van der Waals surface area contributed by atoms with Crippen LogP contribution in [0.25, 0.3) is 0 Å². The minimum absolute atomic E-state index is 0.125. The van der Waals surface area contributed by atoms with E-state index in [1.807, 2.05) is 0 Å². The second kappa shape index (κ2) is 20.3. The molecule has 3 N–H and O–H groups in total. The summed E-state index contributed by atoms with van der Waals surface area (Å²) < 4.78 is 48.9. The van der Waals surface area contributed by atoms with Gasteiger partial charge in [-0.15, -0.1) is 0 Å². The van der Waals surface area contributed by atoms with E-state index >= 15 is 0 Å². The number of carbonyl (C=O) groups excluding carboxylic acids is 5. The Hall–Kier alpha value is -4.03. The molecule has 17 heteroatoms. The number of hydrogen-bond donors (Lipinski definition) is 2. The lowest BCUT2D eigenvalue weighted by atomic mass is 9.98. The van der Waals surface area contributed by atoms with Gasteiger partial charge in [0, 0.05) is 53.4 Å². The molecular formula is C30H44N2O15. The van der Waals surface area contributed by atoms with Crippen LogP contribution < -0.4 is 10.5 Å². The van der Waals surface area contributed by atoms with Crippen molar-refractivity contribution in [3.05, 3.63) is 23.8 Å². The van der Waals surface area contributed by atoms with Gasteiger partial charge in [-0.25, -0.2) is 0 Å². The van der Waals surface area contributed by atoms with Gasteiger partial charge in [0.1, 0.15) is 12.7 Å². The lowest BCUT2D eigenvalue weighted by Gasteiger charge is -2.43. The normalized spacial score (nSPS) is 20.5. The van der Waals surface area contributed by atoms with Crippen LogP contribution >= 0.6 is 0 Å². The third-order valence-electron chi connectivity index (χ3n) is 6.32. The van der Waals surface area contributed by atoms with Crippen molar-refractivity contribution in [3.63, 3.8) is 0 Å². The first-order valence-corrected chi connectivity index (χ1v) is 14.8. The van der Waals surface area contributed by atoms with E-state index in [1.165, 1.54) is 23.1 Å². The minimum atomic E-state index is -1.56. The average molecular weight is 673 g/mol. The molecule has 1 aromatic rings. The molecule has 1 fully saturated rings. The van der Waals surface area contributed by atoms with E-state index in [2.05, 4.69) is 0 Å². The maximum absolute atomic E-state index is 13.0. The molecule has 0 bridgehead atoms. The number of nitrogens with zero attached hydrogens (tertiary/aromatic N) is 1. The predicted octanol–water partition coefficient (Wildman–Crippen LogP) is -0.0654. The third-order valence-corrected chi connectivity index (χ3v) is 6.32. The molecule has 17 nitrogen and oxygen atoms in total. The van der Waals surface area contributed by atoms with Crippen molar-refractivity contribution in [3.8, 4) is 11.5 Å². The summed E-state index contributed by atoms with van der Waals surface area (Å²) in [7, 11) is 1.57. The number of ether oxygens (including phenoxy) is 9.